The molecule has 0 aromatic heterocycles. The predicted octanol–water partition coefficient (Wildman–Crippen LogP) is 1.13. The van der Waals surface area contributed by atoms with Crippen molar-refractivity contribution in [2.24, 2.45) is 0 Å². The Balaban J connectivity index is 2.30. The first-order valence-electron chi connectivity index (χ1n) is 7.08. The van der Waals surface area contributed by atoms with E-state index in [1.807, 2.05) is 6.92 Å². The van der Waals surface area contributed by atoms with Crippen LogP contribution < -0.4 is 5.32 Å². The number of carbonyl (C=O) groups excluding carboxylic acids is 2. The molecule has 1 N–H and O–H groups in total. The normalized spacial score (nSPS) is 19.2. The molecule has 1 fully saturated rings. The number of esters is 1. The van der Waals surface area contributed by atoms with Crippen LogP contribution in [0.3, 0.4) is 0 Å². The molecule has 1 amide bonds. The summed E-state index contributed by atoms with van der Waals surface area (Å²) in [4.78, 5) is 23.2. The van der Waals surface area contributed by atoms with Gasteiger partial charge < -0.3 is 10.1 Å². The van der Waals surface area contributed by atoms with Gasteiger partial charge in [0.15, 0.2) is 6.23 Å². The molecule has 126 valence electrons. The first kappa shape index (κ1) is 17.7. The number of carbonyl (C=O) groups is 2. The van der Waals surface area contributed by atoms with Crippen LogP contribution in [-0.4, -0.2) is 43.9 Å². The number of amides is 1. The van der Waals surface area contributed by atoms with Crippen molar-refractivity contribution in [3.8, 4) is 0 Å². The van der Waals surface area contributed by atoms with E-state index in [1.165, 1.54) is 18.2 Å². The van der Waals surface area contributed by atoms with Crippen LogP contribution in [0, 0.1) is 0 Å². The number of nitrogens with one attached hydrogen (secondary N) is 1. The van der Waals surface area contributed by atoms with Crippen LogP contribution >= 0.6 is 11.6 Å². The minimum Gasteiger partial charge on any atom is -0.443 e. The summed E-state index contributed by atoms with van der Waals surface area (Å²) < 4.78 is 31.5. The second-order valence-electron chi connectivity index (χ2n) is 5.01. The summed E-state index contributed by atoms with van der Waals surface area (Å²) in [5, 5.41) is 2.75. The van der Waals surface area contributed by atoms with Crippen molar-refractivity contribution >= 4 is 33.5 Å². The van der Waals surface area contributed by atoms with Gasteiger partial charge in [-0.05, 0) is 24.6 Å². The van der Waals surface area contributed by atoms with Gasteiger partial charge in [0.05, 0.1) is 18.0 Å². The number of piperazine rings is 1. The zero-order valence-electron chi connectivity index (χ0n) is 12.5. The number of ether oxygens (including phenoxy) is 1. The molecule has 0 saturated carbocycles. The fraction of sp³-hybridized carbons (Fsp3) is 0.429. The third-order valence-corrected chi connectivity index (χ3v) is 5.29. The van der Waals surface area contributed by atoms with Gasteiger partial charge in [-0.15, -0.1) is 4.31 Å². The van der Waals surface area contributed by atoms with Gasteiger partial charge in [-0.2, -0.15) is 0 Å². The largest absolute Gasteiger partial charge is 0.443 e. The van der Waals surface area contributed by atoms with E-state index in [4.69, 9.17) is 16.3 Å². The molecule has 1 saturated heterocycles. The molecule has 0 radical (unpaired) electrons. The average molecular weight is 361 g/mol. The Kier molecular flexibility index (Phi) is 5.61. The molecule has 1 aromatic carbocycles. The van der Waals surface area contributed by atoms with Gasteiger partial charge >= 0.3 is 5.97 Å². The van der Waals surface area contributed by atoms with Crippen LogP contribution in [0.5, 0.6) is 0 Å². The topological polar surface area (TPSA) is 92.8 Å². The van der Waals surface area contributed by atoms with Crippen LogP contribution in [0.25, 0.3) is 0 Å². The maximum absolute atomic E-state index is 12.7. The second kappa shape index (κ2) is 7.29. The summed E-state index contributed by atoms with van der Waals surface area (Å²) in [7, 11) is -4.02. The Morgan fingerprint density at radius 1 is 1.48 bits per heavy atom. The number of hydrogen-bond acceptors (Lipinski definition) is 5. The summed E-state index contributed by atoms with van der Waals surface area (Å²) >= 11 is 5.83. The fourth-order valence-corrected chi connectivity index (χ4v) is 3.89. The maximum atomic E-state index is 12.7. The third-order valence-electron chi connectivity index (χ3n) is 3.22. The van der Waals surface area contributed by atoms with Crippen molar-refractivity contribution in [2.75, 3.05) is 13.1 Å². The van der Waals surface area contributed by atoms with E-state index < -0.39 is 34.7 Å². The highest BCUT2D eigenvalue weighted by molar-refractivity contribution is 7.89. The van der Waals surface area contributed by atoms with E-state index >= 15 is 0 Å². The van der Waals surface area contributed by atoms with Crippen molar-refractivity contribution in [1.29, 1.82) is 0 Å². The lowest BCUT2D eigenvalue weighted by Gasteiger charge is -2.33. The van der Waals surface area contributed by atoms with Gasteiger partial charge in [0.2, 0.25) is 15.9 Å². The molecule has 23 heavy (non-hydrogen) atoms. The highest BCUT2D eigenvalue weighted by Crippen LogP contribution is 2.23. The maximum Gasteiger partial charge on any atom is 0.307 e. The van der Waals surface area contributed by atoms with Crippen LogP contribution in [0.4, 0.5) is 0 Å². The fourth-order valence-electron chi connectivity index (χ4n) is 2.12. The molecule has 1 atom stereocenters. The second-order valence-corrected chi connectivity index (χ2v) is 7.33. The van der Waals surface area contributed by atoms with Crippen LogP contribution in [0.1, 0.15) is 19.8 Å². The molecule has 1 unspecified atom stereocenters. The van der Waals surface area contributed by atoms with Crippen LogP contribution in [0.15, 0.2) is 29.2 Å². The number of benzene rings is 1. The van der Waals surface area contributed by atoms with Crippen LogP contribution in [0.2, 0.25) is 5.02 Å². The van der Waals surface area contributed by atoms with Crippen molar-refractivity contribution in [3.05, 3.63) is 29.3 Å². The Bertz CT molecular complexity index is 707. The molecular weight excluding hydrogens is 344 g/mol. The minimum absolute atomic E-state index is 0.0590. The molecule has 9 heteroatoms. The molecular formula is C14H17ClN2O5S. The molecule has 0 spiro atoms. The van der Waals surface area contributed by atoms with Gasteiger partial charge in [-0.1, -0.05) is 24.6 Å². The molecule has 2 rings (SSSR count). The van der Waals surface area contributed by atoms with E-state index in [1.54, 1.807) is 6.07 Å². The van der Waals surface area contributed by atoms with E-state index in [9.17, 15) is 18.0 Å². The average Bonchev–Trinajstić information content (AvgIpc) is 2.49. The predicted molar refractivity (Wildman–Crippen MR) is 83.1 cm³/mol. The van der Waals surface area contributed by atoms with Crippen molar-refractivity contribution in [2.45, 2.75) is 30.9 Å². The summed E-state index contributed by atoms with van der Waals surface area (Å²) in [5.41, 5.74) is 0. The lowest BCUT2D eigenvalue weighted by Crippen LogP contribution is -2.57. The molecule has 0 bridgehead atoms. The monoisotopic (exact) mass is 360 g/mol. The summed E-state index contributed by atoms with van der Waals surface area (Å²) in [6.45, 7) is 1.30. The zero-order valence-corrected chi connectivity index (χ0v) is 14.1. The Labute approximate surface area is 139 Å². The lowest BCUT2D eigenvalue weighted by atomic mass is 10.3. The molecule has 7 nitrogen and oxygen atoms in total. The number of sulfonamides is 1. The smallest absolute Gasteiger partial charge is 0.307 e. The highest BCUT2D eigenvalue weighted by Gasteiger charge is 2.38. The van der Waals surface area contributed by atoms with Gasteiger partial charge in [0, 0.05) is 11.4 Å². The third kappa shape index (κ3) is 4.21. The Hall–Kier alpha value is -1.64. The first-order valence-corrected chi connectivity index (χ1v) is 8.90. The van der Waals surface area contributed by atoms with Crippen molar-refractivity contribution in [1.82, 2.24) is 9.62 Å². The van der Waals surface area contributed by atoms with Gasteiger partial charge in [-0.25, -0.2) is 8.42 Å². The number of nitrogens with zero attached hydrogens (tertiary/aromatic N) is 1. The standard InChI is InChI=1S/C14H17ClN2O5S/c1-2-4-14(19)22-13-8-16-12(18)9-17(13)23(20,21)11-6-3-5-10(15)7-11/h3,5-7,13H,2,4,8-9H2,1H3,(H,16,18). The molecule has 1 aliphatic heterocycles. The summed E-state index contributed by atoms with van der Waals surface area (Å²) in [5.74, 6) is -0.974. The van der Waals surface area contributed by atoms with E-state index in [2.05, 4.69) is 5.32 Å². The summed E-state index contributed by atoms with van der Waals surface area (Å²) in [6, 6.07) is 5.70. The molecule has 1 heterocycles. The van der Waals surface area contributed by atoms with Crippen LogP contribution in [-0.2, 0) is 24.3 Å². The van der Waals surface area contributed by atoms with E-state index in [-0.39, 0.29) is 22.9 Å². The lowest BCUT2D eigenvalue weighted by molar-refractivity contribution is -0.158. The number of hydrogen-bond donors (Lipinski definition) is 1. The summed E-state index contributed by atoms with van der Waals surface area (Å²) in [6.07, 6.45) is -0.315. The zero-order chi connectivity index (χ0) is 17.0. The van der Waals surface area contributed by atoms with Crippen molar-refractivity contribution in [3.63, 3.8) is 0 Å². The molecule has 1 aromatic rings. The van der Waals surface area contributed by atoms with Crippen molar-refractivity contribution < 1.29 is 22.7 Å². The first-order chi connectivity index (χ1) is 10.8. The SMILES string of the molecule is CCCC(=O)OC1CNC(=O)CN1S(=O)(=O)c1cccc(Cl)c1. The minimum atomic E-state index is -4.02. The van der Waals surface area contributed by atoms with Gasteiger partial charge in [0.1, 0.15) is 0 Å². The van der Waals surface area contributed by atoms with E-state index in [0.29, 0.717) is 6.42 Å². The van der Waals surface area contributed by atoms with Gasteiger partial charge in [-0.3, -0.25) is 9.59 Å². The quantitative estimate of drug-likeness (QED) is 0.794. The highest BCUT2D eigenvalue weighted by atomic mass is 35.5. The molecule has 1 aliphatic rings. The Morgan fingerprint density at radius 3 is 2.87 bits per heavy atom. The Morgan fingerprint density at radius 2 is 2.22 bits per heavy atom. The van der Waals surface area contributed by atoms with Gasteiger partial charge in [0.25, 0.3) is 0 Å². The van der Waals surface area contributed by atoms with E-state index in [0.717, 1.165) is 4.31 Å². The number of halogens is 1. The number of rotatable bonds is 5. The molecule has 0 aliphatic carbocycles.